The third-order valence-corrected chi connectivity index (χ3v) is 4.38. The fourth-order valence-corrected chi connectivity index (χ4v) is 2.97. The summed E-state index contributed by atoms with van der Waals surface area (Å²) in [4.78, 5) is 11.9. The van der Waals surface area contributed by atoms with Crippen LogP contribution in [0.2, 0.25) is 0 Å². The molecule has 2 aromatic rings. The molecule has 1 aliphatic heterocycles. The number of ether oxygens (including phenoxy) is 1. The van der Waals surface area contributed by atoms with Crippen molar-refractivity contribution in [3.63, 3.8) is 0 Å². The summed E-state index contributed by atoms with van der Waals surface area (Å²) in [6.07, 6.45) is 4.32. The Morgan fingerprint density at radius 3 is 3.04 bits per heavy atom. The van der Waals surface area contributed by atoms with Crippen molar-refractivity contribution >= 4 is 21.8 Å². The summed E-state index contributed by atoms with van der Waals surface area (Å²) in [5.74, 6) is 0.924. The number of aryl methyl sites for hydroxylation is 1. The number of amides is 1. The number of rotatable bonds is 5. The molecule has 1 amide bonds. The molecule has 0 spiro atoms. The predicted octanol–water partition coefficient (Wildman–Crippen LogP) is 2.60. The Bertz CT molecular complexity index is 735. The number of nitrogens with zero attached hydrogens (tertiary/aromatic N) is 3. The van der Waals surface area contributed by atoms with E-state index in [-0.39, 0.29) is 24.8 Å². The SMILES string of the molecule is O=C(COc1ccc(Br)cc1F)NCc1nnc2n1CCCCC2. The van der Waals surface area contributed by atoms with Crippen LogP contribution in [-0.4, -0.2) is 27.3 Å². The minimum Gasteiger partial charge on any atom is -0.481 e. The standard InChI is InChI=1S/C16H18BrFN4O2/c17-11-5-6-13(12(18)8-11)24-10-16(23)19-9-15-21-20-14-4-2-1-3-7-22(14)15/h5-6,8H,1-4,7,9-10H2,(H,19,23). The molecule has 0 aliphatic carbocycles. The Labute approximate surface area is 147 Å². The van der Waals surface area contributed by atoms with E-state index in [1.54, 1.807) is 6.07 Å². The van der Waals surface area contributed by atoms with Gasteiger partial charge in [0.15, 0.2) is 24.0 Å². The van der Waals surface area contributed by atoms with Gasteiger partial charge in [0.05, 0.1) is 6.54 Å². The van der Waals surface area contributed by atoms with Crippen molar-refractivity contribution in [1.82, 2.24) is 20.1 Å². The van der Waals surface area contributed by atoms with Crippen molar-refractivity contribution in [2.75, 3.05) is 6.61 Å². The van der Waals surface area contributed by atoms with Crippen molar-refractivity contribution < 1.29 is 13.9 Å². The van der Waals surface area contributed by atoms with Crippen LogP contribution in [0.5, 0.6) is 5.75 Å². The summed E-state index contributed by atoms with van der Waals surface area (Å²) < 4.78 is 21.5. The average molecular weight is 397 g/mol. The van der Waals surface area contributed by atoms with Crippen LogP contribution in [0, 0.1) is 5.82 Å². The number of hydrogen-bond acceptors (Lipinski definition) is 4. The maximum absolute atomic E-state index is 13.6. The van der Waals surface area contributed by atoms with Gasteiger partial charge in [0.25, 0.3) is 5.91 Å². The highest BCUT2D eigenvalue weighted by atomic mass is 79.9. The second kappa shape index (κ2) is 7.74. The van der Waals surface area contributed by atoms with E-state index in [2.05, 4.69) is 36.0 Å². The predicted molar refractivity (Wildman–Crippen MR) is 89.0 cm³/mol. The molecule has 128 valence electrons. The fraction of sp³-hybridized carbons (Fsp3) is 0.438. The first-order valence-electron chi connectivity index (χ1n) is 7.89. The molecular weight excluding hydrogens is 379 g/mol. The van der Waals surface area contributed by atoms with Gasteiger partial charge in [-0.15, -0.1) is 10.2 Å². The third-order valence-electron chi connectivity index (χ3n) is 3.88. The fourth-order valence-electron chi connectivity index (χ4n) is 2.64. The number of benzene rings is 1. The molecular formula is C16H18BrFN4O2. The van der Waals surface area contributed by atoms with Crippen LogP contribution in [-0.2, 0) is 24.3 Å². The maximum atomic E-state index is 13.6. The summed E-state index contributed by atoms with van der Waals surface area (Å²) in [6.45, 7) is 0.922. The Balaban J connectivity index is 1.52. The molecule has 0 saturated heterocycles. The zero-order valence-corrected chi connectivity index (χ0v) is 14.7. The van der Waals surface area contributed by atoms with E-state index in [0.29, 0.717) is 4.47 Å². The Morgan fingerprint density at radius 2 is 2.21 bits per heavy atom. The molecule has 0 fully saturated rings. The second-order valence-corrected chi connectivity index (χ2v) is 6.55. The zero-order valence-electron chi connectivity index (χ0n) is 13.1. The number of carbonyl (C=O) groups excluding carboxylic acids is 1. The number of aromatic nitrogens is 3. The highest BCUT2D eigenvalue weighted by molar-refractivity contribution is 9.10. The van der Waals surface area contributed by atoms with E-state index in [1.807, 2.05) is 0 Å². The number of nitrogens with one attached hydrogen (secondary N) is 1. The number of fused-ring (bicyclic) bond motifs is 1. The highest BCUT2D eigenvalue weighted by Gasteiger charge is 2.15. The van der Waals surface area contributed by atoms with Gasteiger partial charge in [-0.3, -0.25) is 4.79 Å². The molecule has 3 rings (SSSR count). The Morgan fingerprint density at radius 1 is 1.33 bits per heavy atom. The minimum atomic E-state index is -0.514. The van der Waals surface area contributed by atoms with Crippen LogP contribution in [0.15, 0.2) is 22.7 Å². The number of halogens is 2. The van der Waals surface area contributed by atoms with E-state index in [1.165, 1.54) is 18.6 Å². The number of hydrogen-bond donors (Lipinski definition) is 1. The molecule has 1 aromatic carbocycles. The van der Waals surface area contributed by atoms with Gasteiger partial charge in [0.2, 0.25) is 0 Å². The first kappa shape index (κ1) is 16.9. The molecule has 24 heavy (non-hydrogen) atoms. The quantitative estimate of drug-likeness (QED) is 0.842. The number of carbonyl (C=O) groups is 1. The summed E-state index contributed by atoms with van der Waals surface area (Å²) in [5.41, 5.74) is 0. The molecule has 1 aliphatic rings. The van der Waals surface area contributed by atoms with Crippen molar-refractivity contribution in [2.45, 2.75) is 38.8 Å². The third kappa shape index (κ3) is 4.11. The van der Waals surface area contributed by atoms with Gasteiger partial charge in [-0.2, -0.15) is 0 Å². The van der Waals surface area contributed by atoms with Gasteiger partial charge < -0.3 is 14.6 Å². The van der Waals surface area contributed by atoms with Crippen LogP contribution in [0.3, 0.4) is 0 Å². The zero-order chi connectivity index (χ0) is 16.9. The maximum Gasteiger partial charge on any atom is 0.258 e. The average Bonchev–Trinajstić information content (AvgIpc) is 2.78. The molecule has 0 unspecified atom stereocenters. The lowest BCUT2D eigenvalue weighted by Gasteiger charge is -2.09. The van der Waals surface area contributed by atoms with Gasteiger partial charge in [-0.1, -0.05) is 22.4 Å². The summed E-state index contributed by atoms with van der Waals surface area (Å²) in [7, 11) is 0. The normalized spacial score (nSPS) is 13.9. The topological polar surface area (TPSA) is 69.0 Å². The summed E-state index contributed by atoms with van der Waals surface area (Å²) in [5, 5.41) is 11.1. The van der Waals surface area contributed by atoms with Gasteiger partial charge in [0.1, 0.15) is 5.82 Å². The van der Waals surface area contributed by atoms with Gasteiger partial charge in [-0.05, 0) is 31.0 Å². The monoisotopic (exact) mass is 396 g/mol. The van der Waals surface area contributed by atoms with Crippen molar-refractivity contribution in [3.05, 3.63) is 40.1 Å². The first-order valence-corrected chi connectivity index (χ1v) is 8.68. The van der Waals surface area contributed by atoms with Crippen LogP contribution >= 0.6 is 15.9 Å². The van der Waals surface area contributed by atoms with E-state index in [0.717, 1.165) is 37.5 Å². The van der Waals surface area contributed by atoms with Crippen LogP contribution in [0.4, 0.5) is 4.39 Å². The van der Waals surface area contributed by atoms with Crippen LogP contribution in [0.25, 0.3) is 0 Å². The Kier molecular flexibility index (Phi) is 5.44. The molecule has 8 heteroatoms. The first-order chi connectivity index (χ1) is 11.6. The van der Waals surface area contributed by atoms with E-state index >= 15 is 0 Å². The molecule has 1 N–H and O–H groups in total. The summed E-state index contributed by atoms with van der Waals surface area (Å²) >= 11 is 3.17. The largest absolute Gasteiger partial charge is 0.481 e. The molecule has 0 bridgehead atoms. The van der Waals surface area contributed by atoms with E-state index < -0.39 is 5.82 Å². The van der Waals surface area contributed by atoms with Crippen LogP contribution in [0.1, 0.15) is 30.9 Å². The molecule has 6 nitrogen and oxygen atoms in total. The van der Waals surface area contributed by atoms with Gasteiger partial charge >= 0.3 is 0 Å². The van der Waals surface area contributed by atoms with Crippen molar-refractivity contribution in [3.8, 4) is 5.75 Å². The molecule has 2 heterocycles. The van der Waals surface area contributed by atoms with Gasteiger partial charge in [0, 0.05) is 17.4 Å². The van der Waals surface area contributed by atoms with Crippen LogP contribution < -0.4 is 10.1 Å². The second-order valence-electron chi connectivity index (χ2n) is 5.63. The lowest BCUT2D eigenvalue weighted by molar-refractivity contribution is -0.123. The molecule has 0 radical (unpaired) electrons. The Hall–Kier alpha value is -1.96. The summed E-state index contributed by atoms with van der Waals surface area (Å²) in [6, 6.07) is 4.42. The smallest absolute Gasteiger partial charge is 0.258 e. The van der Waals surface area contributed by atoms with E-state index in [4.69, 9.17) is 4.74 Å². The molecule has 1 aromatic heterocycles. The lowest BCUT2D eigenvalue weighted by Crippen LogP contribution is -2.29. The molecule has 0 atom stereocenters. The van der Waals surface area contributed by atoms with E-state index in [9.17, 15) is 9.18 Å². The highest BCUT2D eigenvalue weighted by Crippen LogP contribution is 2.21. The minimum absolute atomic E-state index is 0.0460. The molecule has 0 saturated carbocycles. The van der Waals surface area contributed by atoms with Crippen molar-refractivity contribution in [1.29, 1.82) is 0 Å². The lowest BCUT2D eigenvalue weighted by atomic mass is 10.2. The van der Waals surface area contributed by atoms with Gasteiger partial charge in [-0.25, -0.2) is 4.39 Å². The van der Waals surface area contributed by atoms with Crippen molar-refractivity contribution in [2.24, 2.45) is 0 Å².